The van der Waals surface area contributed by atoms with Crippen molar-refractivity contribution in [1.82, 2.24) is 9.88 Å². The number of halogens is 1. The van der Waals surface area contributed by atoms with Gasteiger partial charge in [-0.2, -0.15) is 0 Å². The van der Waals surface area contributed by atoms with E-state index in [1.165, 1.54) is 25.2 Å². The van der Waals surface area contributed by atoms with E-state index in [0.29, 0.717) is 0 Å². The van der Waals surface area contributed by atoms with Crippen molar-refractivity contribution in [2.24, 2.45) is 5.92 Å². The van der Waals surface area contributed by atoms with Gasteiger partial charge in [0, 0.05) is 29.1 Å². The molecule has 0 N–H and O–H groups in total. The lowest BCUT2D eigenvalue weighted by Crippen LogP contribution is -2.19. The maximum atomic E-state index is 5.91. The number of likely N-dealkylation sites (tertiary alicyclic amines) is 1. The van der Waals surface area contributed by atoms with Gasteiger partial charge in [0.1, 0.15) is 5.01 Å². The van der Waals surface area contributed by atoms with Crippen LogP contribution in [0.4, 0.5) is 0 Å². The quantitative estimate of drug-likeness (QED) is 0.838. The van der Waals surface area contributed by atoms with Crippen LogP contribution in [0.5, 0.6) is 0 Å². The van der Waals surface area contributed by atoms with Crippen LogP contribution < -0.4 is 0 Å². The zero-order chi connectivity index (χ0) is 13.2. The Balaban J connectivity index is 1.71. The van der Waals surface area contributed by atoms with Crippen molar-refractivity contribution in [3.8, 4) is 10.6 Å². The van der Waals surface area contributed by atoms with Crippen molar-refractivity contribution in [3.63, 3.8) is 0 Å². The SMILES string of the molecule is CC1CCN(Cc2csc(-c3ccc(Cl)cc3)n2)C1. The molecule has 1 unspecified atom stereocenters. The van der Waals surface area contributed by atoms with Crippen molar-refractivity contribution in [2.75, 3.05) is 13.1 Å². The van der Waals surface area contributed by atoms with Crippen LogP contribution in [0.15, 0.2) is 29.6 Å². The maximum Gasteiger partial charge on any atom is 0.123 e. The number of hydrogen-bond donors (Lipinski definition) is 0. The Morgan fingerprint density at radius 3 is 2.84 bits per heavy atom. The molecule has 2 heterocycles. The molecule has 0 bridgehead atoms. The summed E-state index contributed by atoms with van der Waals surface area (Å²) in [6, 6.07) is 7.89. The van der Waals surface area contributed by atoms with Gasteiger partial charge in [-0.1, -0.05) is 30.7 Å². The fourth-order valence-electron chi connectivity index (χ4n) is 2.50. The normalized spacial score (nSPS) is 20.0. The average molecular weight is 293 g/mol. The van der Waals surface area contributed by atoms with Gasteiger partial charge in [-0.25, -0.2) is 4.98 Å². The van der Waals surface area contributed by atoms with E-state index in [-0.39, 0.29) is 0 Å². The number of nitrogens with zero attached hydrogens (tertiary/aromatic N) is 2. The summed E-state index contributed by atoms with van der Waals surface area (Å²) in [5.41, 5.74) is 2.33. The lowest BCUT2D eigenvalue weighted by Gasteiger charge is -2.12. The van der Waals surface area contributed by atoms with Gasteiger partial charge in [-0.3, -0.25) is 4.90 Å². The topological polar surface area (TPSA) is 16.1 Å². The molecule has 19 heavy (non-hydrogen) atoms. The number of aromatic nitrogens is 1. The zero-order valence-electron chi connectivity index (χ0n) is 11.0. The first-order valence-electron chi connectivity index (χ1n) is 6.63. The minimum Gasteiger partial charge on any atom is -0.297 e. The van der Waals surface area contributed by atoms with E-state index in [9.17, 15) is 0 Å². The predicted molar refractivity (Wildman–Crippen MR) is 81.6 cm³/mol. The lowest BCUT2D eigenvalue weighted by molar-refractivity contribution is 0.317. The molecule has 1 aromatic heterocycles. The molecule has 0 aliphatic carbocycles. The molecule has 0 saturated carbocycles. The maximum absolute atomic E-state index is 5.91. The van der Waals surface area contributed by atoms with Crippen molar-refractivity contribution in [1.29, 1.82) is 0 Å². The van der Waals surface area contributed by atoms with Gasteiger partial charge >= 0.3 is 0 Å². The average Bonchev–Trinajstić information content (AvgIpc) is 3.00. The molecule has 2 aromatic rings. The molecule has 1 saturated heterocycles. The Morgan fingerprint density at radius 1 is 1.37 bits per heavy atom. The summed E-state index contributed by atoms with van der Waals surface area (Å²) in [5.74, 6) is 0.828. The third-order valence-corrected chi connectivity index (χ3v) is 4.73. The summed E-state index contributed by atoms with van der Waals surface area (Å²) < 4.78 is 0. The number of rotatable bonds is 3. The van der Waals surface area contributed by atoms with Crippen LogP contribution >= 0.6 is 22.9 Å². The largest absolute Gasteiger partial charge is 0.297 e. The highest BCUT2D eigenvalue weighted by Crippen LogP contribution is 2.26. The summed E-state index contributed by atoms with van der Waals surface area (Å²) in [6.45, 7) is 5.71. The fourth-order valence-corrected chi connectivity index (χ4v) is 3.45. The predicted octanol–water partition coefficient (Wildman–Crippen LogP) is 4.31. The van der Waals surface area contributed by atoms with Gasteiger partial charge in [-0.05, 0) is 31.0 Å². The smallest absolute Gasteiger partial charge is 0.123 e. The number of hydrogen-bond acceptors (Lipinski definition) is 3. The molecule has 1 fully saturated rings. The molecule has 1 aromatic carbocycles. The molecule has 2 nitrogen and oxygen atoms in total. The van der Waals surface area contributed by atoms with E-state index in [2.05, 4.69) is 17.2 Å². The van der Waals surface area contributed by atoms with Crippen molar-refractivity contribution in [2.45, 2.75) is 19.9 Å². The second kappa shape index (κ2) is 5.61. The highest BCUT2D eigenvalue weighted by Gasteiger charge is 2.19. The number of thiazole rings is 1. The Labute approximate surface area is 123 Å². The Morgan fingerprint density at radius 2 is 2.16 bits per heavy atom. The fraction of sp³-hybridized carbons (Fsp3) is 0.400. The van der Waals surface area contributed by atoms with Crippen molar-refractivity contribution < 1.29 is 0 Å². The first-order valence-corrected chi connectivity index (χ1v) is 7.89. The second-order valence-corrected chi connectivity index (χ2v) is 6.57. The van der Waals surface area contributed by atoms with Crippen LogP contribution in [0.2, 0.25) is 5.02 Å². The summed E-state index contributed by atoms with van der Waals surface area (Å²) in [4.78, 5) is 7.22. The van der Waals surface area contributed by atoms with Gasteiger partial charge in [0.15, 0.2) is 0 Å². The highest BCUT2D eigenvalue weighted by molar-refractivity contribution is 7.13. The zero-order valence-corrected chi connectivity index (χ0v) is 12.5. The summed E-state index contributed by atoms with van der Waals surface area (Å²) >= 11 is 7.62. The Kier molecular flexibility index (Phi) is 3.87. The number of benzene rings is 1. The Hall–Kier alpha value is -0.900. The van der Waals surface area contributed by atoms with Crippen LogP contribution in [0.25, 0.3) is 10.6 Å². The van der Waals surface area contributed by atoms with E-state index >= 15 is 0 Å². The summed E-state index contributed by atoms with van der Waals surface area (Å²) in [5, 5.41) is 4.03. The van der Waals surface area contributed by atoms with E-state index < -0.39 is 0 Å². The highest BCUT2D eigenvalue weighted by atomic mass is 35.5. The second-order valence-electron chi connectivity index (χ2n) is 5.28. The van der Waals surface area contributed by atoms with E-state index in [1.54, 1.807) is 11.3 Å². The van der Waals surface area contributed by atoms with Gasteiger partial charge in [0.2, 0.25) is 0 Å². The molecule has 3 rings (SSSR count). The first kappa shape index (κ1) is 13.1. The van der Waals surface area contributed by atoms with Crippen molar-refractivity contribution >= 4 is 22.9 Å². The van der Waals surface area contributed by atoms with Gasteiger partial charge in [-0.15, -0.1) is 11.3 Å². The molecule has 0 amide bonds. The van der Waals surface area contributed by atoms with Crippen LogP contribution in [0, 0.1) is 5.92 Å². The molecule has 0 radical (unpaired) electrons. The molecule has 1 aliphatic heterocycles. The Bertz CT molecular complexity index is 550. The molecule has 0 spiro atoms. The molecular formula is C15H17ClN2S. The van der Waals surface area contributed by atoms with Crippen LogP contribution in [0.1, 0.15) is 19.0 Å². The first-order chi connectivity index (χ1) is 9.20. The van der Waals surface area contributed by atoms with Crippen LogP contribution in [-0.2, 0) is 6.54 Å². The monoisotopic (exact) mass is 292 g/mol. The summed E-state index contributed by atoms with van der Waals surface area (Å²) in [6.07, 6.45) is 1.31. The molecule has 1 atom stereocenters. The summed E-state index contributed by atoms with van der Waals surface area (Å²) in [7, 11) is 0. The van der Waals surface area contributed by atoms with Crippen LogP contribution in [-0.4, -0.2) is 23.0 Å². The minimum atomic E-state index is 0.770. The molecular weight excluding hydrogens is 276 g/mol. The van der Waals surface area contributed by atoms with Crippen molar-refractivity contribution in [3.05, 3.63) is 40.4 Å². The third-order valence-electron chi connectivity index (χ3n) is 3.54. The molecule has 1 aliphatic rings. The standard InChI is InChI=1S/C15H17ClN2S/c1-11-6-7-18(8-11)9-14-10-19-15(17-14)12-2-4-13(16)5-3-12/h2-5,10-11H,6-9H2,1H3. The van der Waals surface area contributed by atoms with Gasteiger partial charge < -0.3 is 0 Å². The van der Waals surface area contributed by atoms with E-state index in [0.717, 1.165) is 28.1 Å². The van der Waals surface area contributed by atoms with E-state index in [1.807, 2.05) is 24.3 Å². The van der Waals surface area contributed by atoms with Crippen LogP contribution in [0.3, 0.4) is 0 Å². The molecule has 4 heteroatoms. The lowest BCUT2D eigenvalue weighted by atomic mass is 10.2. The van der Waals surface area contributed by atoms with E-state index in [4.69, 9.17) is 16.6 Å². The van der Waals surface area contributed by atoms with Gasteiger partial charge in [0.05, 0.1) is 5.69 Å². The molecule has 100 valence electrons. The third kappa shape index (κ3) is 3.16. The minimum absolute atomic E-state index is 0.770. The van der Waals surface area contributed by atoms with Gasteiger partial charge in [0.25, 0.3) is 0 Å².